The van der Waals surface area contributed by atoms with E-state index in [1.165, 1.54) is 0 Å². The molecule has 0 saturated carbocycles. The molecule has 0 unspecified atom stereocenters. The van der Waals surface area contributed by atoms with Crippen molar-refractivity contribution >= 4 is 27.5 Å². The number of rotatable bonds is 5. The molecule has 6 heteroatoms. The Bertz CT molecular complexity index is 727. The summed E-state index contributed by atoms with van der Waals surface area (Å²) >= 11 is 3.33. The fourth-order valence-electron chi connectivity index (χ4n) is 1.93. The lowest BCUT2D eigenvalue weighted by Crippen LogP contribution is -2.19. The average molecular weight is 377 g/mol. The Hall–Kier alpha value is -2.34. The van der Waals surface area contributed by atoms with Gasteiger partial charge in [-0.25, -0.2) is 5.43 Å². The molecule has 1 amide bonds. The molecule has 0 radical (unpaired) electrons. The van der Waals surface area contributed by atoms with Gasteiger partial charge in [-0.15, -0.1) is 0 Å². The number of ether oxygens (including phenoxy) is 2. The quantitative estimate of drug-likeness (QED) is 0.640. The molecule has 0 bridgehead atoms. The largest absolute Gasteiger partial charge is 0.493 e. The van der Waals surface area contributed by atoms with Crippen molar-refractivity contribution in [1.82, 2.24) is 5.43 Å². The fraction of sp³-hybridized carbons (Fsp3) is 0.176. The van der Waals surface area contributed by atoms with Gasteiger partial charge in [-0.3, -0.25) is 4.79 Å². The van der Waals surface area contributed by atoms with Crippen LogP contribution in [0.4, 0.5) is 0 Å². The van der Waals surface area contributed by atoms with Crippen LogP contribution in [-0.4, -0.2) is 25.8 Å². The molecule has 0 saturated heterocycles. The van der Waals surface area contributed by atoms with Gasteiger partial charge in [0.05, 0.1) is 19.9 Å². The summed E-state index contributed by atoms with van der Waals surface area (Å²) in [5.41, 5.74) is 4.58. The summed E-state index contributed by atoms with van der Waals surface area (Å²) in [6.45, 7) is 1.81. The molecule has 2 rings (SSSR count). The van der Waals surface area contributed by atoms with Gasteiger partial charge in [0, 0.05) is 15.6 Å². The molecule has 23 heavy (non-hydrogen) atoms. The number of hydrogen-bond donors (Lipinski definition) is 1. The maximum absolute atomic E-state index is 12.0. The van der Waals surface area contributed by atoms with Gasteiger partial charge in [-0.2, -0.15) is 5.10 Å². The molecule has 0 heterocycles. The monoisotopic (exact) mass is 376 g/mol. The Morgan fingerprint density at radius 1 is 1.00 bits per heavy atom. The molecule has 0 aliphatic rings. The smallest absolute Gasteiger partial charge is 0.271 e. The number of carbonyl (C=O) groups is 1. The highest BCUT2D eigenvalue weighted by molar-refractivity contribution is 9.10. The lowest BCUT2D eigenvalue weighted by molar-refractivity contribution is 0.0955. The lowest BCUT2D eigenvalue weighted by Gasteiger charge is -2.09. The van der Waals surface area contributed by atoms with E-state index < -0.39 is 0 Å². The van der Waals surface area contributed by atoms with E-state index in [0.717, 1.165) is 10.0 Å². The van der Waals surface area contributed by atoms with Crippen LogP contribution in [0.3, 0.4) is 0 Å². The summed E-state index contributed by atoms with van der Waals surface area (Å²) in [5.74, 6) is 0.985. The maximum atomic E-state index is 12.0. The van der Waals surface area contributed by atoms with E-state index in [1.54, 1.807) is 44.6 Å². The van der Waals surface area contributed by atoms with Crippen molar-refractivity contribution in [2.75, 3.05) is 14.2 Å². The highest BCUT2D eigenvalue weighted by atomic mass is 79.9. The summed E-state index contributed by atoms with van der Waals surface area (Å²) < 4.78 is 11.4. The van der Waals surface area contributed by atoms with Crippen molar-refractivity contribution in [1.29, 1.82) is 0 Å². The van der Waals surface area contributed by atoms with Crippen LogP contribution in [0.1, 0.15) is 22.8 Å². The van der Waals surface area contributed by atoms with Crippen molar-refractivity contribution < 1.29 is 14.3 Å². The van der Waals surface area contributed by atoms with E-state index in [9.17, 15) is 4.79 Å². The van der Waals surface area contributed by atoms with Crippen LogP contribution >= 0.6 is 15.9 Å². The molecule has 5 nitrogen and oxygen atoms in total. The Morgan fingerprint density at radius 2 is 1.61 bits per heavy atom. The van der Waals surface area contributed by atoms with Gasteiger partial charge in [0.15, 0.2) is 11.5 Å². The summed E-state index contributed by atoms with van der Waals surface area (Å²) in [4.78, 5) is 12.0. The number of benzene rings is 2. The minimum absolute atomic E-state index is 0.266. The average Bonchev–Trinajstić information content (AvgIpc) is 2.59. The van der Waals surface area contributed by atoms with Crippen LogP contribution in [0.15, 0.2) is 52.0 Å². The first-order chi connectivity index (χ1) is 11.0. The van der Waals surface area contributed by atoms with E-state index in [2.05, 4.69) is 26.5 Å². The standard InChI is InChI=1S/C17H17BrN2O3/c1-11(13-6-9-15(22-2)16(10-13)23-3)19-20-17(21)12-4-7-14(18)8-5-12/h4-10H,1-3H3,(H,20,21)/b19-11-. The second-order valence-electron chi connectivity index (χ2n) is 4.71. The van der Waals surface area contributed by atoms with Crippen LogP contribution in [0.25, 0.3) is 0 Å². The summed E-state index contributed by atoms with van der Waals surface area (Å²) in [5, 5.41) is 4.13. The molecular formula is C17H17BrN2O3. The first kappa shape index (κ1) is 17.0. The molecule has 2 aromatic rings. The minimum Gasteiger partial charge on any atom is -0.493 e. The fourth-order valence-corrected chi connectivity index (χ4v) is 2.19. The molecule has 120 valence electrons. The van der Waals surface area contributed by atoms with E-state index in [0.29, 0.717) is 22.8 Å². The van der Waals surface area contributed by atoms with Crippen LogP contribution in [0.5, 0.6) is 11.5 Å². The van der Waals surface area contributed by atoms with E-state index in [-0.39, 0.29) is 5.91 Å². The molecule has 1 N–H and O–H groups in total. The molecule has 0 aromatic heterocycles. The Balaban J connectivity index is 2.13. The van der Waals surface area contributed by atoms with Gasteiger partial charge in [0.1, 0.15) is 0 Å². The second kappa shape index (κ2) is 7.78. The third kappa shape index (κ3) is 4.32. The van der Waals surface area contributed by atoms with Crippen molar-refractivity contribution in [2.45, 2.75) is 6.92 Å². The molecule has 0 fully saturated rings. The summed E-state index contributed by atoms with van der Waals surface area (Å²) in [7, 11) is 3.15. The first-order valence-electron chi connectivity index (χ1n) is 6.87. The van der Waals surface area contributed by atoms with Gasteiger partial charge in [0.2, 0.25) is 0 Å². The molecular weight excluding hydrogens is 360 g/mol. The van der Waals surface area contributed by atoms with Crippen molar-refractivity contribution in [3.8, 4) is 11.5 Å². The zero-order chi connectivity index (χ0) is 16.8. The Labute approximate surface area is 143 Å². The zero-order valence-electron chi connectivity index (χ0n) is 13.1. The van der Waals surface area contributed by atoms with Crippen LogP contribution in [0.2, 0.25) is 0 Å². The van der Waals surface area contributed by atoms with Crippen molar-refractivity contribution in [3.63, 3.8) is 0 Å². The van der Waals surface area contributed by atoms with Gasteiger partial charge in [-0.1, -0.05) is 15.9 Å². The molecule has 0 aliphatic carbocycles. The number of hydrazone groups is 1. The minimum atomic E-state index is -0.266. The van der Waals surface area contributed by atoms with Gasteiger partial charge < -0.3 is 9.47 Å². The molecule has 0 atom stereocenters. The van der Waals surface area contributed by atoms with Gasteiger partial charge in [0.25, 0.3) is 5.91 Å². The van der Waals surface area contributed by atoms with Gasteiger partial charge >= 0.3 is 0 Å². The van der Waals surface area contributed by atoms with Crippen molar-refractivity contribution in [3.05, 3.63) is 58.1 Å². The normalized spacial score (nSPS) is 11.0. The number of nitrogens with zero attached hydrogens (tertiary/aromatic N) is 1. The SMILES string of the molecule is COc1ccc(/C(C)=N\NC(=O)c2ccc(Br)cc2)cc1OC. The van der Waals surface area contributed by atoms with Gasteiger partial charge in [-0.05, 0) is 49.4 Å². The highest BCUT2D eigenvalue weighted by Gasteiger charge is 2.08. The summed E-state index contributed by atoms with van der Waals surface area (Å²) in [6.07, 6.45) is 0. The highest BCUT2D eigenvalue weighted by Crippen LogP contribution is 2.27. The number of methoxy groups -OCH3 is 2. The van der Waals surface area contributed by atoms with E-state index >= 15 is 0 Å². The molecule has 0 aliphatic heterocycles. The Morgan fingerprint density at radius 3 is 2.22 bits per heavy atom. The van der Waals surface area contributed by atoms with Crippen LogP contribution < -0.4 is 14.9 Å². The zero-order valence-corrected chi connectivity index (χ0v) is 14.7. The molecule has 2 aromatic carbocycles. The molecule has 0 spiro atoms. The van der Waals surface area contributed by atoms with E-state index in [4.69, 9.17) is 9.47 Å². The topological polar surface area (TPSA) is 59.9 Å². The second-order valence-corrected chi connectivity index (χ2v) is 5.63. The third-order valence-electron chi connectivity index (χ3n) is 3.23. The van der Waals surface area contributed by atoms with Crippen LogP contribution in [-0.2, 0) is 0 Å². The number of nitrogens with one attached hydrogen (secondary N) is 1. The number of amides is 1. The maximum Gasteiger partial charge on any atom is 0.271 e. The van der Waals surface area contributed by atoms with E-state index in [1.807, 2.05) is 19.1 Å². The van der Waals surface area contributed by atoms with Crippen LogP contribution in [0, 0.1) is 0 Å². The summed E-state index contributed by atoms with van der Waals surface area (Å²) in [6, 6.07) is 12.5. The predicted octanol–water partition coefficient (Wildman–Crippen LogP) is 3.62. The number of halogens is 1. The Kier molecular flexibility index (Phi) is 5.76. The van der Waals surface area contributed by atoms with Crippen molar-refractivity contribution in [2.24, 2.45) is 5.10 Å². The first-order valence-corrected chi connectivity index (χ1v) is 7.67. The number of hydrogen-bond acceptors (Lipinski definition) is 4. The predicted molar refractivity (Wildman–Crippen MR) is 93.4 cm³/mol. The number of carbonyl (C=O) groups excluding carboxylic acids is 1. The third-order valence-corrected chi connectivity index (χ3v) is 3.76. The lowest BCUT2D eigenvalue weighted by atomic mass is 10.1.